The predicted octanol–water partition coefficient (Wildman–Crippen LogP) is 4.70. The van der Waals surface area contributed by atoms with Crippen LogP contribution < -0.4 is 4.74 Å². The minimum atomic E-state index is -0.286. The Labute approximate surface area is 125 Å². The molecule has 0 fully saturated rings. The first-order valence-corrected chi connectivity index (χ1v) is 6.71. The van der Waals surface area contributed by atoms with Gasteiger partial charge in [-0.1, -0.05) is 28.1 Å². The summed E-state index contributed by atoms with van der Waals surface area (Å²) in [6.45, 7) is 0.271. The van der Waals surface area contributed by atoms with E-state index in [1.165, 1.54) is 18.2 Å². The fourth-order valence-electron chi connectivity index (χ4n) is 1.70. The molecule has 2 aromatic rings. The van der Waals surface area contributed by atoms with Gasteiger partial charge in [0.15, 0.2) is 0 Å². The van der Waals surface area contributed by atoms with Crippen LogP contribution in [0.2, 0.25) is 0 Å². The number of ether oxygens (including phenoxy) is 1. The van der Waals surface area contributed by atoms with Crippen molar-refractivity contribution in [3.05, 3.63) is 70.0 Å². The molecule has 0 aliphatic rings. The van der Waals surface area contributed by atoms with Gasteiger partial charge in [-0.2, -0.15) is 5.26 Å². The van der Waals surface area contributed by atoms with Crippen molar-refractivity contribution in [3.8, 4) is 11.8 Å². The Morgan fingerprint density at radius 3 is 2.85 bits per heavy atom. The predicted molar refractivity (Wildman–Crippen MR) is 79.5 cm³/mol. The van der Waals surface area contributed by atoms with E-state index < -0.39 is 0 Å². The molecule has 0 saturated heterocycles. The lowest BCUT2D eigenvalue weighted by Gasteiger charge is -2.10. The summed E-state index contributed by atoms with van der Waals surface area (Å²) < 4.78 is 19.7. The van der Waals surface area contributed by atoms with Crippen LogP contribution in [-0.4, -0.2) is 0 Å². The van der Waals surface area contributed by atoms with Crippen molar-refractivity contribution >= 4 is 22.0 Å². The Morgan fingerprint density at radius 1 is 1.25 bits per heavy atom. The summed E-state index contributed by atoms with van der Waals surface area (Å²) >= 11 is 3.37. The highest BCUT2D eigenvalue weighted by Crippen LogP contribution is 2.25. The van der Waals surface area contributed by atoms with Crippen LogP contribution in [0.3, 0.4) is 0 Å². The molecule has 20 heavy (non-hydrogen) atoms. The molecule has 0 aliphatic carbocycles. The number of nitrogens with zero attached hydrogens (tertiary/aromatic N) is 1. The molecule has 2 aromatic carbocycles. The molecule has 0 N–H and O–H groups in total. The molecule has 100 valence electrons. The largest absolute Gasteiger partial charge is 0.488 e. The third kappa shape index (κ3) is 3.94. The molecule has 0 heterocycles. The third-order valence-electron chi connectivity index (χ3n) is 2.59. The van der Waals surface area contributed by atoms with E-state index >= 15 is 0 Å². The van der Waals surface area contributed by atoms with E-state index in [0.717, 1.165) is 15.6 Å². The molecule has 4 heteroatoms. The second-order valence-corrected chi connectivity index (χ2v) is 4.98. The molecule has 0 atom stereocenters. The lowest BCUT2D eigenvalue weighted by Crippen LogP contribution is -1.97. The van der Waals surface area contributed by atoms with E-state index in [0.29, 0.717) is 5.75 Å². The van der Waals surface area contributed by atoms with Gasteiger partial charge in [0, 0.05) is 16.1 Å². The Bertz CT molecular complexity index is 676. The zero-order valence-corrected chi connectivity index (χ0v) is 12.1. The topological polar surface area (TPSA) is 33.0 Å². The Kier molecular flexibility index (Phi) is 4.91. The van der Waals surface area contributed by atoms with Crippen LogP contribution in [0.15, 0.2) is 53.0 Å². The molecule has 2 nitrogen and oxygen atoms in total. The van der Waals surface area contributed by atoms with E-state index in [-0.39, 0.29) is 12.4 Å². The van der Waals surface area contributed by atoms with Crippen molar-refractivity contribution in [1.29, 1.82) is 5.26 Å². The average Bonchev–Trinajstić information content (AvgIpc) is 2.44. The van der Waals surface area contributed by atoms with E-state index in [1.54, 1.807) is 24.3 Å². The number of halogens is 2. The highest BCUT2D eigenvalue weighted by atomic mass is 79.9. The van der Waals surface area contributed by atoms with Gasteiger partial charge in [-0.25, -0.2) is 4.39 Å². The first-order valence-electron chi connectivity index (χ1n) is 5.92. The van der Waals surface area contributed by atoms with E-state index in [2.05, 4.69) is 15.9 Å². The minimum absolute atomic E-state index is 0.271. The number of rotatable bonds is 4. The summed E-state index contributed by atoms with van der Waals surface area (Å²) in [5.41, 5.74) is 1.54. The maximum absolute atomic E-state index is 13.1. The fourth-order valence-corrected chi connectivity index (χ4v) is 2.07. The van der Waals surface area contributed by atoms with Gasteiger partial charge in [0.05, 0.1) is 6.07 Å². The Balaban J connectivity index is 2.17. The Morgan fingerprint density at radius 2 is 2.10 bits per heavy atom. The molecular formula is C16H11BrFNO. The third-order valence-corrected chi connectivity index (χ3v) is 3.09. The van der Waals surface area contributed by atoms with Crippen LogP contribution >= 0.6 is 15.9 Å². The van der Waals surface area contributed by atoms with Crippen LogP contribution in [0.5, 0.6) is 5.75 Å². The Hall–Kier alpha value is -2.12. The minimum Gasteiger partial charge on any atom is -0.488 e. The fraction of sp³-hybridized carbons (Fsp3) is 0.0625. The van der Waals surface area contributed by atoms with Crippen LogP contribution in [0, 0.1) is 17.1 Å². The summed E-state index contributed by atoms with van der Waals surface area (Å²) in [6.07, 6.45) is 3.06. The summed E-state index contributed by atoms with van der Waals surface area (Å²) in [5.74, 6) is 0.357. The SMILES string of the molecule is N#CC=Cc1cc(Br)ccc1OCc1cccc(F)c1. The van der Waals surface area contributed by atoms with Gasteiger partial charge in [0.1, 0.15) is 18.2 Å². The van der Waals surface area contributed by atoms with Gasteiger partial charge in [-0.15, -0.1) is 0 Å². The number of hydrogen-bond acceptors (Lipinski definition) is 2. The molecule has 0 aliphatic heterocycles. The second kappa shape index (κ2) is 6.88. The molecule has 0 spiro atoms. The van der Waals surface area contributed by atoms with Crippen molar-refractivity contribution in [3.63, 3.8) is 0 Å². The molecular weight excluding hydrogens is 321 g/mol. The maximum atomic E-state index is 13.1. The van der Waals surface area contributed by atoms with Crippen molar-refractivity contribution in [1.82, 2.24) is 0 Å². The van der Waals surface area contributed by atoms with Gasteiger partial charge in [-0.05, 0) is 42.0 Å². The second-order valence-electron chi connectivity index (χ2n) is 4.06. The van der Waals surface area contributed by atoms with Crippen molar-refractivity contribution < 1.29 is 9.13 Å². The van der Waals surface area contributed by atoms with Gasteiger partial charge in [0.2, 0.25) is 0 Å². The molecule has 0 aromatic heterocycles. The van der Waals surface area contributed by atoms with E-state index in [9.17, 15) is 4.39 Å². The summed E-state index contributed by atoms with van der Waals surface area (Å²) in [7, 11) is 0. The standard InChI is InChI=1S/C16H11BrFNO/c17-14-6-7-16(13(10-14)4-2-8-19)20-11-12-3-1-5-15(18)9-12/h1-7,9-10H,11H2. The van der Waals surface area contributed by atoms with Crippen LogP contribution in [0.1, 0.15) is 11.1 Å². The van der Waals surface area contributed by atoms with Gasteiger partial charge in [0.25, 0.3) is 0 Å². The number of hydrogen-bond donors (Lipinski definition) is 0. The number of benzene rings is 2. The highest BCUT2D eigenvalue weighted by Gasteiger charge is 2.03. The molecule has 0 radical (unpaired) electrons. The highest BCUT2D eigenvalue weighted by molar-refractivity contribution is 9.10. The first kappa shape index (κ1) is 14.3. The summed E-state index contributed by atoms with van der Waals surface area (Å²) in [6, 6.07) is 13.7. The zero-order chi connectivity index (χ0) is 14.4. The van der Waals surface area contributed by atoms with Gasteiger partial charge >= 0.3 is 0 Å². The van der Waals surface area contributed by atoms with Crippen molar-refractivity contribution in [2.24, 2.45) is 0 Å². The average molecular weight is 332 g/mol. The smallest absolute Gasteiger partial charge is 0.127 e. The zero-order valence-electron chi connectivity index (χ0n) is 10.5. The normalized spacial score (nSPS) is 10.4. The van der Waals surface area contributed by atoms with Gasteiger partial charge < -0.3 is 4.74 Å². The van der Waals surface area contributed by atoms with Crippen LogP contribution in [0.4, 0.5) is 4.39 Å². The molecule has 0 bridgehead atoms. The molecule has 0 amide bonds. The number of allylic oxidation sites excluding steroid dienone is 1. The van der Waals surface area contributed by atoms with E-state index in [4.69, 9.17) is 10.00 Å². The number of nitriles is 1. The first-order chi connectivity index (χ1) is 9.69. The van der Waals surface area contributed by atoms with Gasteiger partial charge in [-0.3, -0.25) is 0 Å². The summed E-state index contributed by atoms with van der Waals surface area (Å²) in [5, 5.41) is 8.60. The monoisotopic (exact) mass is 331 g/mol. The summed E-state index contributed by atoms with van der Waals surface area (Å²) in [4.78, 5) is 0. The van der Waals surface area contributed by atoms with E-state index in [1.807, 2.05) is 18.2 Å². The van der Waals surface area contributed by atoms with Crippen molar-refractivity contribution in [2.75, 3.05) is 0 Å². The van der Waals surface area contributed by atoms with Crippen LogP contribution in [-0.2, 0) is 6.61 Å². The molecule has 0 unspecified atom stereocenters. The molecule has 0 saturated carbocycles. The molecule has 2 rings (SSSR count). The lowest BCUT2D eigenvalue weighted by atomic mass is 10.2. The maximum Gasteiger partial charge on any atom is 0.127 e. The quantitative estimate of drug-likeness (QED) is 0.760. The van der Waals surface area contributed by atoms with Crippen molar-refractivity contribution in [2.45, 2.75) is 6.61 Å². The van der Waals surface area contributed by atoms with Crippen LogP contribution in [0.25, 0.3) is 6.08 Å². The lowest BCUT2D eigenvalue weighted by molar-refractivity contribution is 0.305.